The largest absolute Gasteiger partial charge is 0.332 e. The van der Waals surface area contributed by atoms with Gasteiger partial charge in [0.15, 0.2) is 11.2 Å². The van der Waals surface area contributed by atoms with E-state index in [2.05, 4.69) is 33.7 Å². The van der Waals surface area contributed by atoms with Gasteiger partial charge >= 0.3 is 5.69 Å². The van der Waals surface area contributed by atoms with Crippen molar-refractivity contribution >= 4 is 23.3 Å². The molecule has 0 saturated heterocycles. The molecule has 8 heteroatoms. The van der Waals surface area contributed by atoms with E-state index in [9.17, 15) is 9.59 Å². The molecule has 4 rings (SSSR count). The van der Waals surface area contributed by atoms with Crippen molar-refractivity contribution in [2.45, 2.75) is 27.3 Å². The summed E-state index contributed by atoms with van der Waals surface area (Å²) in [6.45, 7) is 6.51. The minimum absolute atomic E-state index is 0.316. The first kappa shape index (κ1) is 21.3. The Kier molecular flexibility index (Phi) is 5.52. The van der Waals surface area contributed by atoms with E-state index < -0.39 is 11.2 Å². The fraction of sp³-hybridized carbons (Fsp3) is 0.250. The minimum Gasteiger partial charge on any atom is -0.298 e. The average Bonchev–Trinajstić information content (AvgIpc) is 3.13. The van der Waals surface area contributed by atoms with Gasteiger partial charge in [0.25, 0.3) is 5.56 Å². The molecule has 2 aromatic carbocycles. The molecule has 32 heavy (non-hydrogen) atoms. The Morgan fingerprint density at radius 1 is 0.969 bits per heavy atom. The zero-order valence-electron chi connectivity index (χ0n) is 18.9. The van der Waals surface area contributed by atoms with Crippen LogP contribution < -0.4 is 16.7 Å². The molecule has 0 amide bonds. The highest BCUT2D eigenvalue weighted by atomic mass is 16.2. The lowest BCUT2D eigenvalue weighted by molar-refractivity contribution is 0.702. The SMILES string of the molecule is Cc1ccc(/C=N\Nc2nc3c(c(=O)n(C)c(=O)n3C)n2Cc2cc(C)ccc2C)cc1. The van der Waals surface area contributed by atoms with E-state index in [0.29, 0.717) is 23.7 Å². The second-order valence-electron chi connectivity index (χ2n) is 8.11. The summed E-state index contributed by atoms with van der Waals surface area (Å²) in [6, 6.07) is 14.2. The first-order valence-electron chi connectivity index (χ1n) is 10.3. The molecule has 164 valence electrons. The fourth-order valence-corrected chi connectivity index (χ4v) is 3.64. The molecule has 0 aliphatic carbocycles. The Labute approximate surface area is 185 Å². The molecule has 0 unspecified atom stereocenters. The van der Waals surface area contributed by atoms with Gasteiger partial charge in [0.2, 0.25) is 5.95 Å². The third kappa shape index (κ3) is 3.87. The Bertz CT molecular complexity index is 1460. The minimum atomic E-state index is -0.423. The third-order valence-corrected chi connectivity index (χ3v) is 5.64. The van der Waals surface area contributed by atoms with Crippen LogP contribution in [0.4, 0.5) is 5.95 Å². The lowest BCUT2D eigenvalue weighted by Crippen LogP contribution is -2.37. The van der Waals surface area contributed by atoms with Crippen LogP contribution in [0, 0.1) is 20.8 Å². The summed E-state index contributed by atoms with van der Waals surface area (Å²) in [4.78, 5) is 30.0. The number of aromatic nitrogens is 4. The lowest BCUT2D eigenvalue weighted by Gasteiger charge is -2.12. The maximum atomic E-state index is 13.0. The number of benzene rings is 2. The van der Waals surface area contributed by atoms with Crippen molar-refractivity contribution in [2.24, 2.45) is 19.2 Å². The van der Waals surface area contributed by atoms with Crippen LogP contribution in [0.25, 0.3) is 11.2 Å². The summed E-state index contributed by atoms with van der Waals surface area (Å²) >= 11 is 0. The van der Waals surface area contributed by atoms with Gasteiger partial charge in [-0.05, 0) is 37.5 Å². The van der Waals surface area contributed by atoms with Crippen molar-refractivity contribution in [2.75, 3.05) is 5.43 Å². The van der Waals surface area contributed by atoms with Crippen molar-refractivity contribution in [1.82, 2.24) is 18.7 Å². The normalized spacial score (nSPS) is 11.5. The van der Waals surface area contributed by atoms with E-state index in [1.807, 2.05) is 45.0 Å². The number of nitrogens with zero attached hydrogens (tertiary/aromatic N) is 5. The first-order chi connectivity index (χ1) is 15.3. The quantitative estimate of drug-likeness (QED) is 0.390. The van der Waals surface area contributed by atoms with Crippen LogP contribution in [0.1, 0.15) is 27.8 Å². The van der Waals surface area contributed by atoms with Crippen molar-refractivity contribution < 1.29 is 0 Å². The predicted octanol–water partition coefficient (Wildman–Crippen LogP) is 2.85. The Hall–Kier alpha value is -3.94. The van der Waals surface area contributed by atoms with Crippen LogP contribution in [0.15, 0.2) is 57.2 Å². The van der Waals surface area contributed by atoms with Gasteiger partial charge in [-0.15, -0.1) is 0 Å². The Morgan fingerprint density at radius 3 is 2.38 bits per heavy atom. The molecule has 2 aromatic heterocycles. The molecule has 0 aliphatic rings. The molecule has 0 fully saturated rings. The molecule has 0 bridgehead atoms. The van der Waals surface area contributed by atoms with Gasteiger partial charge in [0, 0.05) is 14.1 Å². The second kappa shape index (κ2) is 8.30. The maximum absolute atomic E-state index is 13.0. The molecule has 8 nitrogen and oxygen atoms in total. The molecule has 0 atom stereocenters. The van der Waals surface area contributed by atoms with Gasteiger partial charge < -0.3 is 0 Å². The Morgan fingerprint density at radius 2 is 1.66 bits per heavy atom. The standard InChI is InChI=1S/C24H26N6O2/c1-15-7-10-18(11-8-15)13-25-27-23-26-21-20(22(31)29(5)24(32)28(21)4)30(23)14-19-12-16(2)6-9-17(19)3/h6-13H,14H2,1-5H3,(H,26,27)/b25-13-. The van der Waals surface area contributed by atoms with Crippen LogP contribution in [-0.4, -0.2) is 24.9 Å². The number of nitrogens with one attached hydrogen (secondary N) is 1. The summed E-state index contributed by atoms with van der Waals surface area (Å²) in [5.41, 5.74) is 8.22. The average molecular weight is 431 g/mol. The summed E-state index contributed by atoms with van der Waals surface area (Å²) in [5, 5.41) is 4.33. The number of fused-ring (bicyclic) bond motifs is 1. The summed E-state index contributed by atoms with van der Waals surface area (Å²) in [5.74, 6) is 0.391. The number of aryl methyl sites for hydroxylation is 4. The number of rotatable bonds is 5. The molecule has 4 aromatic rings. The molecule has 0 radical (unpaired) electrons. The van der Waals surface area contributed by atoms with Crippen LogP contribution in [0.2, 0.25) is 0 Å². The molecular formula is C24H26N6O2. The highest BCUT2D eigenvalue weighted by Gasteiger charge is 2.19. The van der Waals surface area contributed by atoms with Crippen molar-refractivity contribution in [3.63, 3.8) is 0 Å². The molecule has 1 N–H and O–H groups in total. The smallest absolute Gasteiger partial charge is 0.298 e. The Balaban J connectivity index is 1.84. The van der Waals surface area contributed by atoms with Crippen LogP contribution in [0.5, 0.6) is 0 Å². The summed E-state index contributed by atoms with van der Waals surface area (Å²) in [6.07, 6.45) is 1.69. The van der Waals surface area contributed by atoms with Crippen LogP contribution >= 0.6 is 0 Å². The molecule has 0 aliphatic heterocycles. The topological polar surface area (TPSA) is 86.2 Å². The zero-order valence-corrected chi connectivity index (χ0v) is 18.9. The number of hydrogen-bond donors (Lipinski definition) is 1. The monoisotopic (exact) mass is 430 g/mol. The second-order valence-corrected chi connectivity index (χ2v) is 8.11. The number of hydrogen-bond acceptors (Lipinski definition) is 5. The summed E-state index contributed by atoms with van der Waals surface area (Å²) in [7, 11) is 3.08. The fourth-order valence-electron chi connectivity index (χ4n) is 3.64. The number of imidazole rings is 1. The van der Waals surface area contributed by atoms with E-state index in [4.69, 9.17) is 0 Å². The van der Waals surface area contributed by atoms with Crippen LogP contribution in [-0.2, 0) is 20.6 Å². The molecule has 2 heterocycles. The molecule has 0 saturated carbocycles. The van der Waals surface area contributed by atoms with Gasteiger partial charge in [0.05, 0.1) is 12.8 Å². The number of anilines is 1. The van der Waals surface area contributed by atoms with E-state index >= 15 is 0 Å². The molecular weight excluding hydrogens is 404 g/mol. The van der Waals surface area contributed by atoms with Crippen molar-refractivity contribution in [1.29, 1.82) is 0 Å². The van der Waals surface area contributed by atoms with Gasteiger partial charge in [-0.2, -0.15) is 10.1 Å². The molecule has 0 spiro atoms. The highest BCUT2D eigenvalue weighted by Crippen LogP contribution is 2.20. The van der Waals surface area contributed by atoms with Crippen molar-refractivity contribution in [3.05, 3.63) is 91.1 Å². The third-order valence-electron chi connectivity index (χ3n) is 5.64. The van der Waals surface area contributed by atoms with Gasteiger partial charge in [-0.25, -0.2) is 10.2 Å². The van der Waals surface area contributed by atoms with E-state index in [0.717, 1.165) is 26.8 Å². The predicted molar refractivity (Wildman–Crippen MR) is 128 cm³/mol. The number of hydrazone groups is 1. The van der Waals surface area contributed by atoms with E-state index in [-0.39, 0.29) is 0 Å². The maximum Gasteiger partial charge on any atom is 0.332 e. The van der Waals surface area contributed by atoms with Crippen LogP contribution in [0.3, 0.4) is 0 Å². The van der Waals surface area contributed by atoms with E-state index in [1.165, 1.54) is 17.2 Å². The van der Waals surface area contributed by atoms with E-state index in [1.54, 1.807) is 17.8 Å². The van der Waals surface area contributed by atoms with Gasteiger partial charge in [-0.1, -0.05) is 53.6 Å². The highest BCUT2D eigenvalue weighted by molar-refractivity contribution is 5.80. The zero-order chi connectivity index (χ0) is 23.0. The first-order valence-corrected chi connectivity index (χ1v) is 10.3. The van der Waals surface area contributed by atoms with Gasteiger partial charge in [-0.3, -0.25) is 18.5 Å². The lowest BCUT2D eigenvalue weighted by atomic mass is 10.1. The van der Waals surface area contributed by atoms with Crippen molar-refractivity contribution in [3.8, 4) is 0 Å². The van der Waals surface area contributed by atoms with Gasteiger partial charge in [0.1, 0.15) is 0 Å². The summed E-state index contributed by atoms with van der Waals surface area (Å²) < 4.78 is 4.26.